The van der Waals surface area contributed by atoms with Gasteiger partial charge in [0.05, 0.1) is 18.5 Å². The van der Waals surface area contributed by atoms with Crippen LogP contribution in [0, 0.1) is 11.6 Å². The van der Waals surface area contributed by atoms with Gasteiger partial charge in [-0.1, -0.05) is 36.4 Å². The smallest absolute Gasteiger partial charge is 0.255 e. The van der Waals surface area contributed by atoms with Crippen molar-refractivity contribution in [3.63, 3.8) is 0 Å². The van der Waals surface area contributed by atoms with Crippen molar-refractivity contribution in [1.29, 1.82) is 0 Å². The molecular formula is C27H22F2N2O3S. The average Bonchev–Trinajstić information content (AvgIpc) is 3.25. The van der Waals surface area contributed by atoms with E-state index in [0.29, 0.717) is 11.1 Å². The fraction of sp³-hybridized carbons (Fsp3) is 0.148. The highest BCUT2D eigenvalue weighted by molar-refractivity contribution is 7.92. The van der Waals surface area contributed by atoms with Crippen LogP contribution in [-0.4, -0.2) is 20.6 Å². The van der Waals surface area contributed by atoms with Gasteiger partial charge in [0.2, 0.25) is 10.0 Å². The number of benzene rings is 4. The SMILES string of the molecule is CS(=O)(=O)N(Cc1ccc(C(=O)Nc2ccc3c4c(cccc24)CC3)cc1)c1ccc(F)c(F)c1. The van der Waals surface area contributed by atoms with E-state index in [0.717, 1.165) is 46.6 Å². The summed E-state index contributed by atoms with van der Waals surface area (Å²) in [4.78, 5) is 12.9. The summed E-state index contributed by atoms with van der Waals surface area (Å²) < 4.78 is 52.6. The van der Waals surface area contributed by atoms with Crippen molar-refractivity contribution < 1.29 is 22.0 Å². The fourth-order valence-electron chi connectivity index (χ4n) is 4.52. The van der Waals surface area contributed by atoms with Crippen LogP contribution in [0.2, 0.25) is 0 Å². The van der Waals surface area contributed by atoms with Gasteiger partial charge >= 0.3 is 0 Å². The van der Waals surface area contributed by atoms with E-state index < -0.39 is 21.7 Å². The van der Waals surface area contributed by atoms with Crippen LogP contribution >= 0.6 is 0 Å². The molecule has 0 saturated heterocycles. The quantitative estimate of drug-likeness (QED) is 0.390. The molecule has 0 heterocycles. The highest BCUT2D eigenvalue weighted by atomic mass is 32.2. The van der Waals surface area contributed by atoms with Crippen molar-refractivity contribution in [3.05, 3.63) is 107 Å². The van der Waals surface area contributed by atoms with Crippen molar-refractivity contribution in [3.8, 4) is 0 Å². The second kappa shape index (κ2) is 8.78. The van der Waals surface area contributed by atoms with Crippen molar-refractivity contribution in [2.24, 2.45) is 0 Å². The molecule has 1 aliphatic carbocycles. The third-order valence-electron chi connectivity index (χ3n) is 6.26. The summed E-state index contributed by atoms with van der Waals surface area (Å²) in [5.74, 6) is -2.47. The zero-order valence-corrected chi connectivity index (χ0v) is 19.7. The Morgan fingerprint density at radius 3 is 2.31 bits per heavy atom. The third-order valence-corrected chi connectivity index (χ3v) is 7.40. The van der Waals surface area contributed by atoms with E-state index in [2.05, 4.69) is 17.4 Å². The van der Waals surface area contributed by atoms with Gasteiger partial charge in [-0.25, -0.2) is 17.2 Å². The second-order valence-corrected chi connectivity index (χ2v) is 10.5. The largest absolute Gasteiger partial charge is 0.321 e. The van der Waals surface area contributed by atoms with Crippen LogP contribution in [0.15, 0.2) is 72.8 Å². The van der Waals surface area contributed by atoms with Crippen molar-refractivity contribution in [2.75, 3.05) is 15.9 Å². The summed E-state index contributed by atoms with van der Waals surface area (Å²) in [5.41, 5.74) is 4.32. The van der Waals surface area contributed by atoms with Crippen LogP contribution in [0.3, 0.4) is 0 Å². The minimum atomic E-state index is -3.77. The van der Waals surface area contributed by atoms with Gasteiger partial charge < -0.3 is 5.32 Å². The monoisotopic (exact) mass is 492 g/mol. The number of anilines is 2. The number of hydrogen-bond donors (Lipinski definition) is 1. The van der Waals surface area contributed by atoms with E-state index in [-0.39, 0.29) is 18.1 Å². The molecular weight excluding hydrogens is 470 g/mol. The normalized spacial score (nSPS) is 12.7. The number of carbonyl (C=O) groups excluding carboxylic acids is 1. The highest BCUT2D eigenvalue weighted by Crippen LogP contribution is 2.35. The molecule has 4 aromatic carbocycles. The highest BCUT2D eigenvalue weighted by Gasteiger charge is 2.20. The number of sulfonamides is 1. The number of halogens is 2. The van der Waals surface area contributed by atoms with E-state index in [4.69, 9.17) is 0 Å². The fourth-order valence-corrected chi connectivity index (χ4v) is 5.40. The molecule has 0 atom stereocenters. The van der Waals surface area contributed by atoms with E-state index in [1.807, 2.05) is 18.2 Å². The molecule has 0 aromatic heterocycles. The Morgan fingerprint density at radius 2 is 1.63 bits per heavy atom. The summed E-state index contributed by atoms with van der Waals surface area (Å²) in [6.45, 7) is -0.0965. The lowest BCUT2D eigenvalue weighted by atomic mass is 10.0. The van der Waals surface area contributed by atoms with Crippen LogP contribution in [0.4, 0.5) is 20.2 Å². The molecule has 1 aliphatic rings. The molecule has 0 fully saturated rings. The standard InChI is InChI=1S/C27H22F2N2O3S/c1-35(33,34)31(21-12-13-23(28)24(29)15-21)16-17-5-7-20(8-6-17)27(32)30-25-14-11-19-10-9-18-3-2-4-22(25)26(18)19/h2-8,11-15H,9-10,16H2,1H3,(H,30,32). The predicted molar refractivity (Wildman–Crippen MR) is 133 cm³/mol. The average molecular weight is 493 g/mol. The van der Waals surface area contributed by atoms with Crippen molar-refractivity contribution in [1.82, 2.24) is 0 Å². The Bertz CT molecular complexity index is 1560. The van der Waals surface area contributed by atoms with Crippen molar-refractivity contribution >= 4 is 38.1 Å². The maximum Gasteiger partial charge on any atom is 0.255 e. The number of nitrogens with one attached hydrogen (secondary N) is 1. The second-order valence-electron chi connectivity index (χ2n) is 8.63. The number of aryl methyl sites for hydroxylation is 2. The van der Waals surface area contributed by atoms with E-state index in [9.17, 15) is 22.0 Å². The molecule has 5 rings (SSSR count). The molecule has 4 aromatic rings. The molecule has 0 saturated carbocycles. The number of hydrogen-bond acceptors (Lipinski definition) is 3. The minimum absolute atomic E-state index is 0.0141. The van der Waals surface area contributed by atoms with Gasteiger partial charge in [-0.2, -0.15) is 0 Å². The number of carbonyl (C=O) groups is 1. The molecule has 5 nitrogen and oxygen atoms in total. The number of amides is 1. The van der Waals surface area contributed by atoms with Gasteiger partial charge in [0.1, 0.15) is 0 Å². The molecule has 35 heavy (non-hydrogen) atoms. The first kappa shape index (κ1) is 23.0. The third kappa shape index (κ3) is 4.49. The van der Waals surface area contributed by atoms with Gasteiger partial charge in [0.25, 0.3) is 5.91 Å². The van der Waals surface area contributed by atoms with Crippen molar-refractivity contribution in [2.45, 2.75) is 19.4 Å². The van der Waals surface area contributed by atoms with Gasteiger partial charge in [-0.05, 0) is 65.3 Å². The summed E-state index contributed by atoms with van der Waals surface area (Å²) in [7, 11) is -3.77. The van der Waals surface area contributed by atoms with Gasteiger partial charge in [-0.15, -0.1) is 0 Å². The molecule has 8 heteroatoms. The van der Waals surface area contributed by atoms with Crippen LogP contribution in [-0.2, 0) is 29.4 Å². The maximum atomic E-state index is 13.7. The van der Waals surface area contributed by atoms with Crippen LogP contribution in [0.5, 0.6) is 0 Å². The molecule has 0 bridgehead atoms. The Morgan fingerprint density at radius 1 is 0.914 bits per heavy atom. The predicted octanol–water partition coefficient (Wildman–Crippen LogP) is 5.44. The Kier molecular flexibility index (Phi) is 5.76. The Balaban J connectivity index is 1.36. The van der Waals surface area contributed by atoms with Crippen LogP contribution in [0.25, 0.3) is 10.8 Å². The lowest BCUT2D eigenvalue weighted by molar-refractivity contribution is 0.102. The van der Waals surface area contributed by atoms with Gasteiger partial charge in [0.15, 0.2) is 11.6 Å². The van der Waals surface area contributed by atoms with Crippen LogP contribution in [0.1, 0.15) is 27.0 Å². The van der Waals surface area contributed by atoms with E-state index in [1.54, 1.807) is 24.3 Å². The van der Waals surface area contributed by atoms with E-state index >= 15 is 0 Å². The summed E-state index contributed by atoms with van der Waals surface area (Å²) >= 11 is 0. The number of rotatable bonds is 6. The molecule has 1 amide bonds. The summed E-state index contributed by atoms with van der Waals surface area (Å²) in [6.07, 6.45) is 3.00. The summed E-state index contributed by atoms with van der Waals surface area (Å²) in [5, 5.41) is 5.20. The molecule has 0 radical (unpaired) electrons. The van der Waals surface area contributed by atoms with Gasteiger partial charge in [-0.3, -0.25) is 9.10 Å². The van der Waals surface area contributed by atoms with Gasteiger partial charge in [0, 0.05) is 22.7 Å². The zero-order valence-electron chi connectivity index (χ0n) is 18.9. The first-order valence-electron chi connectivity index (χ1n) is 11.1. The van der Waals surface area contributed by atoms with E-state index in [1.165, 1.54) is 22.6 Å². The lowest BCUT2D eigenvalue weighted by Gasteiger charge is -2.22. The zero-order chi connectivity index (χ0) is 24.7. The molecule has 1 N–H and O–H groups in total. The lowest BCUT2D eigenvalue weighted by Crippen LogP contribution is -2.29. The first-order valence-corrected chi connectivity index (χ1v) is 12.9. The Hall–Kier alpha value is -3.78. The minimum Gasteiger partial charge on any atom is -0.321 e. The topological polar surface area (TPSA) is 66.5 Å². The summed E-state index contributed by atoms with van der Waals surface area (Å²) in [6, 6.07) is 19.5. The molecule has 178 valence electrons. The molecule has 0 unspecified atom stereocenters. The Labute approximate surface area is 202 Å². The molecule has 0 spiro atoms. The molecule has 0 aliphatic heterocycles. The van der Waals surface area contributed by atoms with Crippen LogP contribution < -0.4 is 9.62 Å². The number of nitrogens with zero attached hydrogens (tertiary/aromatic N) is 1. The first-order chi connectivity index (χ1) is 16.7. The maximum absolute atomic E-state index is 13.7.